The summed E-state index contributed by atoms with van der Waals surface area (Å²) in [4.78, 5) is 17.0. The van der Waals surface area contributed by atoms with Gasteiger partial charge in [-0.2, -0.15) is 0 Å². The van der Waals surface area contributed by atoms with Crippen LogP contribution in [0.5, 0.6) is 0 Å². The highest BCUT2D eigenvalue weighted by atomic mass is 35.5. The predicted molar refractivity (Wildman–Crippen MR) is 190 cm³/mol. The van der Waals surface area contributed by atoms with E-state index in [1.807, 2.05) is 36.8 Å². The van der Waals surface area contributed by atoms with Crippen LogP contribution in [0.2, 0.25) is 10.0 Å². The van der Waals surface area contributed by atoms with E-state index in [2.05, 4.69) is 105 Å². The molecule has 10 heteroatoms. The number of halogens is 2. The molecule has 0 aliphatic carbocycles. The molecular weight excluding hydrogens is 627 g/mol. The Morgan fingerprint density at radius 3 is 1.50 bits per heavy atom. The van der Waals surface area contributed by atoms with Crippen molar-refractivity contribution in [2.75, 3.05) is 50.1 Å². The van der Waals surface area contributed by atoms with E-state index in [0.717, 1.165) is 50.4 Å². The molecule has 6 nitrogen and oxygen atoms in total. The molecule has 2 atom stereocenters. The number of anilines is 2. The van der Waals surface area contributed by atoms with Gasteiger partial charge < -0.3 is 20.4 Å². The molecule has 2 N–H and O–H groups in total. The Morgan fingerprint density at radius 1 is 0.750 bits per heavy atom. The maximum Gasteiger partial charge on any atom is 0.0711 e. The first-order valence-electron chi connectivity index (χ1n) is 15.3. The first kappa shape index (κ1) is 33.2. The van der Waals surface area contributed by atoms with Gasteiger partial charge in [0.05, 0.1) is 44.9 Å². The van der Waals surface area contributed by atoms with Gasteiger partial charge in [-0.3, -0.25) is 9.97 Å². The van der Waals surface area contributed by atoms with Gasteiger partial charge in [-0.25, -0.2) is 0 Å². The third-order valence-electron chi connectivity index (χ3n) is 8.53. The third kappa shape index (κ3) is 7.11. The first-order valence-corrected chi connectivity index (χ1v) is 17.8. The van der Waals surface area contributed by atoms with Gasteiger partial charge in [0, 0.05) is 46.1 Å². The summed E-state index contributed by atoms with van der Waals surface area (Å²) in [6.45, 7) is 13.0. The van der Waals surface area contributed by atoms with E-state index < -0.39 is 0 Å². The third-order valence-corrected chi connectivity index (χ3v) is 10.9. The normalized spacial score (nSPS) is 17.5. The number of fused-ring (bicyclic) bond motifs is 2. The molecule has 6 heterocycles. The summed E-state index contributed by atoms with van der Waals surface area (Å²) < 4.78 is 0. The zero-order chi connectivity index (χ0) is 31.5. The summed E-state index contributed by atoms with van der Waals surface area (Å²) in [5.74, 6) is 0. The highest BCUT2D eigenvalue weighted by Crippen LogP contribution is 2.47. The lowest BCUT2D eigenvalue weighted by Crippen LogP contribution is -2.33. The molecule has 0 spiro atoms. The van der Waals surface area contributed by atoms with Crippen LogP contribution in [-0.2, 0) is 10.8 Å². The van der Waals surface area contributed by atoms with Crippen molar-refractivity contribution in [2.45, 2.75) is 63.5 Å². The van der Waals surface area contributed by atoms with Gasteiger partial charge in [-0.15, -0.1) is 22.7 Å². The van der Waals surface area contributed by atoms with Crippen molar-refractivity contribution >= 4 is 57.3 Å². The van der Waals surface area contributed by atoms with Crippen LogP contribution in [0.4, 0.5) is 11.4 Å². The zero-order valence-corrected chi connectivity index (χ0v) is 29.7. The monoisotopic (exact) mass is 670 g/mol. The van der Waals surface area contributed by atoms with Gasteiger partial charge in [0.15, 0.2) is 0 Å². The van der Waals surface area contributed by atoms with Crippen molar-refractivity contribution in [2.24, 2.45) is 0 Å². The number of pyridine rings is 2. The largest absolute Gasteiger partial charge is 0.361 e. The molecule has 0 unspecified atom stereocenters. The van der Waals surface area contributed by atoms with E-state index in [1.54, 1.807) is 12.4 Å². The van der Waals surface area contributed by atoms with Crippen LogP contribution in [0.1, 0.15) is 73.8 Å². The average Bonchev–Trinajstić information content (AvgIpc) is 3.78. The Morgan fingerprint density at radius 2 is 1.16 bits per heavy atom. The highest BCUT2D eigenvalue weighted by Gasteiger charge is 2.41. The van der Waals surface area contributed by atoms with E-state index in [9.17, 15) is 0 Å². The SMILES string of the molecule is CNCC[C@@H](c1cccs1)N1CC(C)(C)c2ncc(Cl)cc21.CNCC[C@H](c1cccs1)N1CC(C)(C)c2ncc(Cl)cc21. The molecule has 236 valence electrons. The molecule has 2 aliphatic heterocycles. The predicted octanol–water partition coefficient (Wildman–Crippen LogP) is 8.49. The summed E-state index contributed by atoms with van der Waals surface area (Å²) in [7, 11) is 4.01. The van der Waals surface area contributed by atoms with Crippen molar-refractivity contribution in [1.29, 1.82) is 0 Å². The molecule has 0 aromatic carbocycles. The second-order valence-electron chi connectivity index (χ2n) is 12.9. The standard InChI is InChI=1S/2C17H22ClN3S/c2*1-17(2)11-21(14-9-12(18)10-20-16(14)17)13(6-7-19-3)15-5-4-8-22-15/h2*4-5,8-10,13,19H,6-7,11H2,1-3H3/t2*13-/m10/s1. The van der Waals surface area contributed by atoms with Crippen molar-refractivity contribution < 1.29 is 0 Å². The fourth-order valence-corrected chi connectivity index (χ4v) is 8.54. The highest BCUT2D eigenvalue weighted by molar-refractivity contribution is 7.10. The minimum Gasteiger partial charge on any atom is -0.361 e. The van der Waals surface area contributed by atoms with Gasteiger partial charge >= 0.3 is 0 Å². The van der Waals surface area contributed by atoms with Crippen molar-refractivity contribution in [1.82, 2.24) is 20.6 Å². The van der Waals surface area contributed by atoms with Crippen LogP contribution < -0.4 is 20.4 Å². The minimum atomic E-state index is 0.0507. The van der Waals surface area contributed by atoms with E-state index in [0.29, 0.717) is 22.1 Å². The molecule has 0 radical (unpaired) electrons. The number of nitrogens with one attached hydrogen (secondary N) is 2. The smallest absolute Gasteiger partial charge is 0.0711 e. The molecule has 0 saturated carbocycles. The Hall–Kier alpha value is -2.20. The average molecular weight is 672 g/mol. The number of thiophene rings is 2. The quantitative estimate of drug-likeness (QED) is 0.176. The molecular formula is C34H44Cl2N6S2. The van der Waals surface area contributed by atoms with Crippen molar-refractivity contribution in [3.05, 3.63) is 90.7 Å². The fraction of sp³-hybridized carbons (Fsp3) is 0.471. The lowest BCUT2D eigenvalue weighted by Gasteiger charge is -2.31. The molecule has 0 fully saturated rings. The van der Waals surface area contributed by atoms with E-state index in [4.69, 9.17) is 23.2 Å². The van der Waals surface area contributed by atoms with E-state index in [-0.39, 0.29) is 10.8 Å². The zero-order valence-electron chi connectivity index (χ0n) is 26.5. The van der Waals surface area contributed by atoms with Crippen LogP contribution >= 0.6 is 45.9 Å². The molecule has 0 saturated heterocycles. The van der Waals surface area contributed by atoms with Gasteiger partial charge in [-0.05, 0) is 75.1 Å². The fourth-order valence-electron chi connectivity index (χ4n) is 6.49. The number of aromatic nitrogens is 2. The summed E-state index contributed by atoms with van der Waals surface area (Å²) in [5, 5.41) is 12.3. The Bertz CT molecular complexity index is 1390. The number of rotatable bonds is 10. The minimum absolute atomic E-state index is 0.0507. The van der Waals surface area contributed by atoms with Crippen LogP contribution in [-0.4, -0.2) is 50.2 Å². The van der Waals surface area contributed by atoms with Crippen molar-refractivity contribution in [3.8, 4) is 0 Å². The first-order chi connectivity index (χ1) is 21.1. The second-order valence-corrected chi connectivity index (χ2v) is 15.7. The van der Waals surface area contributed by atoms with Gasteiger partial charge in [0.1, 0.15) is 0 Å². The maximum absolute atomic E-state index is 6.22. The summed E-state index contributed by atoms with van der Waals surface area (Å²) in [5.41, 5.74) is 4.79. The molecule has 4 aromatic heterocycles. The lowest BCUT2D eigenvalue weighted by molar-refractivity contribution is 0.494. The lowest BCUT2D eigenvalue weighted by atomic mass is 9.91. The topological polar surface area (TPSA) is 56.3 Å². The molecule has 44 heavy (non-hydrogen) atoms. The molecule has 4 aromatic rings. The summed E-state index contributed by atoms with van der Waals surface area (Å²) >= 11 is 16.1. The molecule has 2 aliphatic rings. The maximum atomic E-state index is 6.22. The van der Waals surface area contributed by atoms with Crippen LogP contribution in [0.15, 0.2) is 59.6 Å². The van der Waals surface area contributed by atoms with Crippen LogP contribution in [0.25, 0.3) is 0 Å². The Balaban J connectivity index is 0.000000175. The number of hydrogen-bond acceptors (Lipinski definition) is 8. The van der Waals surface area contributed by atoms with Crippen LogP contribution in [0, 0.1) is 0 Å². The van der Waals surface area contributed by atoms with E-state index >= 15 is 0 Å². The van der Waals surface area contributed by atoms with E-state index in [1.165, 1.54) is 21.1 Å². The Kier molecular flexibility index (Phi) is 10.6. The molecule has 0 bridgehead atoms. The summed E-state index contributed by atoms with van der Waals surface area (Å²) in [6, 6.07) is 13.6. The molecule has 0 amide bonds. The van der Waals surface area contributed by atoms with Crippen molar-refractivity contribution in [3.63, 3.8) is 0 Å². The number of hydrogen-bond donors (Lipinski definition) is 2. The van der Waals surface area contributed by atoms with Gasteiger partial charge in [-0.1, -0.05) is 63.0 Å². The van der Waals surface area contributed by atoms with Crippen LogP contribution in [0.3, 0.4) is 0 Å². The Labute approximate surface area is 280 Å². The molecule has 6 rings (SSSR count). The number of nitrogens with zero attached hydrogens (tertiary/aromatic N) is 4. The summed E-state index contributed by atoms with van der Waals surface area (Å²) in [6.07, 6.45) is 5.66. The second kappa shape index (κ2) is 14.1. The van der Waals surface area contributed by atoms with Gasteiger partial charge in [0.2, 0.25) is 0 Å². The van der Waals surface area contributed by atoms with Gasteiger partial charge in [0.25, 0.3) is 0 Å².